The Balaban J connectivity index is 0. The first-order chi connectivity index (χ1) is 8.65. The predicted molar refractivity (Wildman–Crippen MR) is 91.5 cm³/mol. The maximum atomic E-state index is 10.0. The van der Waals surface area contributed by atoms with Crippen molar-refractivity contribution in [3.05, 3.63) is 29.6 Å². The van der Waals surface area contributed by atoms with Crippen molar-refractivity contribution in [2.75, 3.05) is 6.26 Å². The summed E-state index contributed by atoms with van der Waals surface area (Å²) < 4.78 is 0. The minimum absolute atomic E-state index is 0.566. The van der Waals surface area contributed by atoms with E-state index >= 15 is 0 Å². The lowest BCUT2D eigenvalue weighted by Crippen LogP contribution is -1.91. The van der Waals surface area contributed by atoms with E-state index in [1.807, 2.05) is 31.4 Å². The second-order valence-corrected chi connectivity index (χ2v) is 6.58. The first-order valence-electron chi connectivity index (χ1n) is 6.17. The highest BCUT2D eigenvalue weighted by Crippen LogP contribution is 2.00. The lowest BCUT2D eigenvalue weighted by atomic mass is 10.2. The zero-order valence-electron chi connectivity index (χ0n) is 11.8. The van der Waals surface area contributed by atoms with Crippen LogP contribution in [-0.4, -0.2) is 17.5 Å². The normalized spacial score (nSPS) is 8.50. The lowest BCUT2D eigenvalue weighted by molar-refractivity contribution is -0.107. The number of carbonyl (C=O) groups is 1. The molecule has 1 aromatic heterocycles. The smallest absolute Gasteiger partial charge is 0.120 e. The van der Waals surface area contributed by atoms with Crippen LogP contribution in [0.25, 0.3) is 0 Å². The number of rotatable bonds is 4. The van der Waals surface area contributed by atoms with E-state index in [1.54, 1.807) is 8.93 Å². The topological polar surface area (TPSA) is 30.0 Å². The van der Waals surface area contributed by atoms with Crippen LogP contribution in [0.4, 0.5) is 0 Å². The minimum atomic E-state index is 0.566. The van der Waals surface area contributed by atoms with Gasteiger partial charge in [-0.1, -0.05) is 41.7 Å². The molecule has 0 fully saturated rings. The van der Waals surface area contributed by atoms with E-state index in [0.29, 0.717) is 6.42 Å². The Morgan fingerprint density at radius 2 is 1.89 bits per heavy atom. The summed E-state index contributed by atoms with van der Waals surface area (Å²) in [5.74, 6) is 0. The molecule has 4 heteroatoms. The molecule has 0 spiro atoms. The number of aryl methyl sites for hydroxylation is 2. The number of nitrogens with zero attached hydrogens (tertiary/aromatic N) is 1. The molecule has 1 aromatic rings. The van der Waals surface area contributed by atoms with Gasteiger partial charge in [-0.25, -0.2) is 0 Å². The number of hydrogen-bond donors (Lipinski definition) is 0. The lowest BCUT2D eigenvalue weighted by Gasteiger charge is -1.96. The van der Waals surface area contributed by atoms with Crippen molar-refractivity contribution in [3.8, 4) is 0 Å². The van der Waals surface area contributed by atoms with Gasteiger partial charge in [-0.3, -0.25) is 4.98 Å². The Labute approximate surface area is 128 Å². The highest BCUT2D eigenvalue weighted by atomic mass is 127. The standard InChI is InChI=1S/C9H11NO.C4H10.CH3IS/c1-8-4-2-5-9(10-8)6-3-7-11;1-3-4-2;1-3-2/h2,4-5,7H,3,6H2,1H3;3-4H2,1-2H3;1H3. The molecule has 18 heavy (non-hydrogen) atoms. The molecule has 0 saturated carbocycles. The molecule has 0 aliphatic rings. The van der Waals surface area contributed by atoms with Crippen LogP contribution in [0.15, 0.2) is 18.2 Å². The van der Waals surface area contributed by atoms with E-state index < -0.39 is 0 Å². The number of aldehydes is 1. The maximum Gasteiger partial charge on any atom is 0.120 e. The van der Waals surface area contributed by atoms with Crippen molar-refractivity contribution in [1.29, 1.82) is 0 Å². The number of aromatic nitrogens is 1. The van der Waals surface area contributed by atoms with Crippen LogP contribution in [0.1, 0.15) is 44.5 Å². The van der Waals surface area contributed by atoms with Crippen LogP contribution in [0.3, 0.4) is 0 Å². The van der Waals surface area contributed by atoms with Crippen LogP contribution in [0.5, 0.6) is 0 Å². The summed E-state index contributed by atoms with van der Waals surface area (Å²) in [6, 6.07) is 5.85. The highest BCUT2D eigenvalue weighted by molar-refractivity contribution is 14.2. The molecule has 0 aromatic carbocycles. The molecule has 2 nitrogen and oxygen atoms in total. The van der Waals surface area contributed by atoms with Gasteiger partial charge in [0.05, 0.1) is 0 Å². The van der Waals surface area contributed by atoms with Gasteiger partial charge >= 0.3 is 0 Å². The van der Waals surface area contributed by atoms with Crippen molar-refractivity contribution in [1.82, 2.24) is 4.98 Å². The van der Waals surface area contributed by atoms with Gasteiger partial charge in [0.25, 0.3) is 0 Å². The Morgan fingerprint density at radius 3 is 2.28 bits per heavy atom. The van der Waals surface area contributed by atoms with E-state index in [-0.39, 0.29) is 0 Å². The average Bonchev–Trinajstić information content (AvgIpc) is 2.38. The molecule has 0 N–H and O–H groups in total. The minimum Gasteiger partial charge on any atom is -0.303 e. The molecule has 0 radical (unpaired) electrons. The molecule has 0 saturated heterocycles. The third kappa shape index (κ3) is 15.9. The third-order valence-electron chi connectivity index (χ3n) is 1.96. The van der Waals surface area contributed by atoms with Gasteiger partial charge in [0.15, 0.2) is 0 Å². The van der Waals surface area contributed by atoms with Gasteiger partial charge < -0.3 is 4.79 Å². The zero-order chi connectivity index (χ0) is 14.2. The summed E-state index contributed by atoms with van der Waals surface area (Å²) in [6.07, 6.45) is 6.91. The molecule has 1 rings (SSSR count). The number of carbonyl (C=O) groups excluding carboxylic acids is 1. The first-order valence-corrected chi connectivity index (χ1v) is 9.93. The van der Waals surface area contributed by atoms with Crippen LogP contribution in [0, 0.1) is 6.92 Å². The molecular weight excluding hydrogens is 357 g/mol. The predicted octanol–water partition coefficient (Wildman–Crippen LogP) is 5.03. The second kappa shape index (κ2) is 16.9. The number of hydrogen-bond acceptors (Lipinski definition) is 3. The maximum absolute atomic E-state index is 10.0. The van der Waals surface area contributed by atoms with Crippen molar-refractivity contribution in [2.24, 2.45) is 0 Å². The largest absolute Gasteiger partial charge is 0.303 e. The van der Waals surface area contributed by atoms with E-state index in [9.17, 15) is 4.79 Å². The summed E-state index contributed by atoms with van der Waals surface area (Å²) in [6.45, 7) is 6.31. The second-order valence-electron chi connectivity index (χ2n) is 3.63. The van der Waals surface area contributed by atoms with Crippen LogP contribution in [-0.2, 0) is 11.2 Å². The van der Waals surface area contributed by atoms with Crippen molar-refractivity contribution < 1.29 is 4.79 Å². The van der Waals surface area contributed by atoms with Crippen LogP contribution in [0.2, 0.25) is 0 Å². The molecule has 0 aliphatic carbocycles. The van der Waals surface area contributed by atoms with E-state index in [4.69, 9.17) is 0 Å². The van der Waals surface area contributed by atoms with Gasteiger partial charge in [0, 0.05) is 17.8 Å². The summed E-state index contributed by atoms with van der Waals surface area (Å²) in [4.78, 5) is 14.3. The fourth-order valence-corrected chi connectivity index (χ4v) is 0.946. The molecule has 0 amide bonds. The third-order valence-corrected chi connectivity index (χ3v) is 1.96. The molecule has 0 aliphatic heterocycles. The Morgan fingerprint density at radius 1 is 1.33 bits per heavy atom. The average molecular weight is 381 g/mol. The Bertz CT molecular complexity index is 293. The summed E-state index contributed by atoms with van der Waals surface area (Å²) in [7, 11) is 1.72. The summed E-state index contributed by atoms with van der Waals surface area (Å²) in [5, 5.41) is 0. The van der Waals surface area contributed by atoms with Crippen molar-refractivity contribution in [2.45, 2.75) is 46.5 Å². The Kier molecular flexibility index (Phi) is 19.0. The molecular formula is C14H24INOS. The van der Waals surface area contributed by atoms with Gasteiger partial charge in [0.2, 0.25) is 0 Å². The van der Waals surface area contributed by atoms with Gasteiger partial charge in [-0.2, -0.15) is 0 Å². The van der Waals surface area contributed by atoms with E-state index in [1.165, 1.54) is 12.8 Å². The SMILES string of the molecule is CCCC.CSI.Cc1cccc(CCC=O)n1. The first kappa shape index (κ1) is 20.2. The summed E-state index contributed by atoms with van der Waals surface area (Å²) >= 11 is 2.20. The molecule has 104 valence electrons. The number of pyridine rings is 1. The molecule has 0 bridgehead atoms. The highest BCUT2D eigenvalue weighted by Gasteiger charge is 1.92. The van der Waals surface area contributed by atoms with Gasteiger partial charge in [-0.15, -0.1) is 0 Å². The van der Waals surface area contributed by atoms with Crippen LogP contribution < -0.4 is 0 Å². The van der Waals surface area contributed by atoms with E-state index in [0.717, 1.165) is 24.1 Å². The van der Waals surface area contributed by atoms with E-state index in [2.05, 4.69) is 40.0 Å². The van der Waals surface area contributed by atoms with Gasteiger partial charge in [0.1, 0.15) is 6.29 Å². The summed E-state index contributed by atoms with van der Waals surface area (Å²) in [5.41, 5.74) is 2.01. The number of halogens is 1. The molecule has 0 unspecified atom stereocenters. The van der Waals surface area contributed by atoms with Gasteiger partial charge in [-0.05, 0) is 52.9 Å². The Hall–Kier alpha value is -0.100. The van der Waals surface area contributed by atoms with Crippen molar-refractivity contribution in [3.63, 3.8) is 0 Å². The molecule has 0 atom stereocenters. The molecule has 1 heterocycles. The monoisotopic (exact) mass is 381 g/mol. The fourth-order valence-electron chi connectivity index (χ4n) is 0.946. The fraction of sp³-hybridized carbons (Fsp3) is 0.571. The van der Waals surface area contributed by atoms with Crippen molar-refractivity contribution >= 4 is 36.4 Å². The number of unbranched alkanes of at least 4 members (excludes halogenated alkanes) is 1. The zero-order valence-corrected chi connectivity index (χ0v) is 14.8. The van der Waals surface area contributed by atoms with Crippen LogP contribution >= 0.6 is 30.1 Å². The quantitative estimate of drug-likeness (QED) is 0.541.